The predicted molar refractivity (Wildman–Crippen MR) is 140 cm³/mol. The lowest BCUT2D eigenvalue weighted by atomic mass is 9.84. The van der Waals surface area contributed by atoms with Crippen molar-refractivity contribution in [2.24, 2.45) is 0 Å². The van der Waals surface area contributed by atoms with Crippen molar-refractivity contribution in [3.63, 3.8) is 0 Å². The van der Waals surface area contributed by atoms with Gasteiger partial charge in [0.2, 0.25) is 8.92 Å². The second-order valence-electron chi connectivity index (χ2n) is 8.29. The summed E-state index contributed by atoms with van der Waals surface area (Å²) < 4.78 is -0.488. The number of hydrogen-bond donors (Lipinski definition) is 1. The fraction of sp³-hybridized carbons (Fsp3) is 0.364. The zero-order valence-electron chi connectivity index (χ0n) is 19.8. The lowest BCUT2D eigenvalue weighted by Gasteiger charge is -2.30. The molecule has 0 saturated heterocycles. The SMILES string of the molecule is Cc1nc([C@H](C)NC(=O)c2cc(Cl)cc(C(C)(C#N)C(Cl)(Cl)Cl)c2)n(-c2ncc(C(=O)N(C)C)s2)n1. The molecular weight excluding hydrogens is 568 g/mol. The number of hydrogen-bond acceptors (Lipinski definition) is 7. The van der Waals surface area contributed by atoms with Crippen LogP contribution >= 0.6 is 57.7 Å². The van der Waals surface area contributed by atoms with E-state index in [9.17, 15) is 14.9 Å². The van der Waals surface area contributed by atoms with Gasteiger partial charge in [-0.15, -0.1) is 5.10 Å². The van der Waals surface area contributed by atoms with E-state index in [2.05, 4.69) is 20.4 Å². The fourth-order valence-corrected chi connectivity index (χ4v) is 4.77. The van der Waals surface area contributed by atoms with Gasteiger partial charge in [-0.25, -0.2) is 9.97 Å². The second kappa shape index (κ2) is 10.5. The van der Waals surface area contributed by atoms with E-state index in [1.807, 2.05) is 6.07 Å². The number of halogens is 4. The molecule has 3 aromatic rings. The topological polar surface area (TPSA) is 117 Å². The van der Waals surface area contributed by atoms with Crippen molar-refractivity contribution in [2.75, 3.05) is 14.1 Å². The van der Waals surface area contributed by atoms with Gasteiger partial charge in [0.15, 0.2) is 5.82 Å². The summed E-state index contributed by atoms with van der Waals surface area (Å²) in [6.07, 6.45) is 1.47. The predicted octanol–water partition coefficient (Wildman–Crippen LogP) is 5.03. The molecule has 2 aromatic heterocycles. The number of aromatic nitrogens is 4. The first-order chi connectivity index (χ1) is 16.7. The number of alkyl halides is 3. The summed E-state index contributed by atoms with van der Waals surface area (Å²) in [7, 11) is 3.30. The van der Waals surface area contributed by atoms with Crippen LogP contribution in [0.2, 0.25) is 5.02 Å². The highest BCUT2D eigenvalue weighted by molar-refractivity contribution is 7.16. The van der Waals surface area contributed by atoms with Crippen molar-refractivity contribution in [2.45, 2.75) is 36.0 Å². The largest absolute Gasteiger partial charge is 0.344 e. The number of aryl methyl sites for hydroxylation is 1. The van der Waals surface area contributed by atoms with Crippen molar-refractivity contribution in [1.29, 1.82) is 5.26 Å². The molecule has 0 fully saturated rings. The minimum atomic E-state index is -1.97. The van der Waals surface area contributed by atoms with Gasteiger partial charge in [0.05, 0.1) is 18.3 Å². The number of nitrogens with zero attached hydrogens (tertiary/aromatic N) is 6. The van der Waals surface area contributed by atoms with Gasteiger partial charge in [0.1, 0.15) is 16.1 Å². The van der Waals surface area contributed by atoms with Crippen molar-refractivity contribution < 1.29 is 9.59 Å². The fourth-order valence-electron chi connectivity index (χ4n) is 3.18. The third-order valence-corrected chi connectivity index (χ3v) is 7.61. The first-order valence-corrected chi connectivity index (χ1v) is 12.7. The van der Waals surface area contributed by atoms with Crippen LogP contribution in [-0.2, 0) is 5.41 Å². The number of carbonyl (C=O) groups excluding carboxylic acids is 2. The van der Waals surface area contributed by atoms with Crippen LogP contribution in [0.4, 0.5) is 0 Å². The van der Waals surface area contributed by atoms with Crippen molar-refractivity contribution in [3.05, 3.63) is 57.1 Å². The molecule has 1 aromatic carbocycles. The number of carbonyl (C=O) groups is 2. The summed E-state index contributed by atoms with van der Waals surface area (Å²) in [5.41, 5.74) is -1.13. The molecule has 2 atom stereocenters. The molecule has 0 aliphatic carbocycles. The molecule has 0 aliphatic heterocycles. The number of nitrogens with one attached hydrogen (secondary N) is 1. The number of benzene rings is 1. The molecule has 0 radical (unpaired) electrons. The van der Waals surface area contributed by atoms with Gasteiger partial charge in [-0.05, 0) is 44.5 Å². The summed E-state index contributed by atoms with van der Waals surface area (Å²) >= 11 is 25.6. The van der Waals surface area contributed by atoms with E-state index in [1.165, 1.54) is 40.9 Å². The monoisotopic (exact) mass is 587 g/mol. The average Bonchev–Trinajstić information content (AvgIpc) is 3.43. The minimum absolute atomic E-state index is 0.163. The Hall–Kier alpha value is -2.42. The third-order valence-electron chi connectivity index (χ3n) is 5.29. The number of rotatable bonds is 6. The van der Waals surface area contributed by atoms with Gasteiger partial charge in [-0.1, -0.05) is 57.7 Å². The van der Waals surface area contributed by atoms with E-state index in [4.69, 9.17) is 46.4 Å². The number of thiazole rings is 1. The summed E-state index contributed by atoms with van der Waals surface area (Å²) in [4.78, 5) is 36.0. The lowest BCUT2D eigenvalue weighted by molar-refractivity contribution is 0.0831. The van der Waals surface area contributed by atoms with E-state index >= 15 is 0 Å². The zero-order valence-corrected chi connectivity index (χ0v) is 23.6. The number of amides is 2. The summed E-state index contributed by atoms with van der Waals surface area (Å²) in [5, 5.41) is 17.5. The third kappa shape index (κ3) is 5.61. The van der Waals surface area contributed by atoms with Crippen LogP contribution in [0, 0.1) is 18.3 Å². The highest BCUT2D eigenvalue weighted by Gasteiger charge is 2.47. The summed E-state index contributed by atoms with van der Waals surface area (Å²) in [6.45, 7) is 4.88. The Kier molecular flexibility index (Phi) is 8.23. The normalized spacial score (nSPS) is 14.0. The molecular formula is C22H21Cl4N7O2S. The van der Waals surface area contributed by atoms with E-state index in [0.29, 0.717) is 21.7 Å². The second-order valence-corrected chi connectivity index (χ2v) is 12.0. The van der Waals surface area contributed by atoms with Crippen LogP contribution in [0.25, 0.3) is 5.13 Å². The van der Waals surface area contributed by atoms with Crippen LogP contribution in [0.5, 0.6) is 0 Å². The molecule has 2 heterocycles. The van der Waals surface area contributed by atoms with Crippen molar-refractivity contribution >= 4 is 69.6 Å². The van der Waals surface area contributed by atoms with Gasteiger partial charge in [-0.3, -0.25) is 9.59 Å². The van der Waals surface area contributed by atoms with Crippen LogP contribution in [0.1, 0.15) is 57.1 Å². The van der Waals surface area contributed by atoms with Gasteiger partial charge < -0.3 is 10.2 Å². The Morgan fingerprint density at radius 3 is 2.50 bits per heavy atom. The lowest BCUT2D eigenvalue weighted by Crippen LogP contribution is -2.36. The molecule has 36 heavy (non-hydrogen) atoms. The van der Waals surface area contributed by atoms with Gasteiger partial charge >= 0.3 is 0 Å². The maximum absolute atomic E-state index is 13.1. The summed E-state index contributed by atoms with van der Waals surface area (Å²) in [5.74, 6) is 0.184. The van der Waals surface area contributed by atoms with E-state index < -0.39 is 21.2 Å². The quantitative estimate of drug-likeness (QED) is 0.404. The maximum atomic E-state index is 13.1. The Bertz CT molecular complexity index is 1360. The Morgan fingerprint density at radius 2 is 1.92 bits per heavy atom. The average molecular weight is 589 g/mol. The van der Waals surface area contributed by atoms with Crippen molar-refractivity contribution in [3.8, 4) is 11.2 Å². The van der Waals surface area contributed by atoms with Gasteiger partial charge in [0, 0.05) is 24.7 Å². The highest BCUT2D eigenvalue weighted by atomic mass is 35.6. The number of nitriles is 1. The molecule has 3 rings (SSSR count). The molecule has 0 aliphatic rings. The van der Waals surface area contributed by atoms with Gasteiger partial charge in [-0.2, -0.15) is 9.94 Å². The van der Waals surface area contributed by atoms with E-state index in [1.54, 1.807) is 27.9 Å². The minimum Gasteiger partial charge on any atom is -0.344 e. The van der Waals surface area contributed by atoms with Crippen LogP contribution in [-0.4, -0.2) is 54.4 Å². The molecule has 0 bridgehead atoms. The molecule has 0 spiro atoms. The van der Waals surface area contributed by atoms with Crippen LogP contribution < -0.4 is 5.32 Å². The highest BCUT2D eigenvalue weighted by Crippen LogP contribution is 2.46. The van der Waals surface area contributed by atoms with E-state index in [-0.39, 0.29) is 22.1 Å². The first kappa shape index (κ1) is 28.2. The van der Waals surface area contributed by atoms with E-state index in [0.717, 1.165) is 11.3 Å². The molecule has 1 unspecified atom stereocenters. The Labute approximate surface area is 231 Å². The van der Waals surface area contributed by atoms with Crippen LogP contribution in [0.3, 0.4) is 0 Å². The molecule has 2 amide bonds. The van der Waals surface area contributed by atoms with Gasteiger partial charge in [0.25, 0.3) is 11.8 Å². The molecule has 0 saturated carbocycles. The van der Waals surface area contributed by atoms with Crippen molar-refractivity contribution in [1.82, 2.24) is 30.0 Å². The molecule has 1 N–H and O–H groups in total. The smallest absolute Gasteiger partial charge is 0.265 e. The standard InChI is InChI=1S/C22H21Cl4N7O2S/c1-11(17-30-12(2)31-33(17)20-28-9-16(36-20)19(35)32(4)5)29-18(34)13-6-14(8-15(23)7-13)21(3,10-27)22(24,25)26/h6-9,11H,1-5H3,(H,29,34)/t11-,21?/m0/s1. The Balaban J connectivity index is 1.91. The Morgan fingerprint density at radius 1 is 1.25 bits per heavy atom. The summed E-state index contributed by atoms with van der Waals surface area (Å²) in [6, 6.07) is 5.75. The maximum Gasteiger partial charge on any atom is 0.265 e. The molecule has 9 nitrogen and oxygen atoms in total. The van der Waals surface area contributed by atoms with Crippen LogP contribution in [0.15, 0.2) is 24.4 Å². The molecule has 190 valence electrons. The molecule has 14 heteroatoms. The first-order valence-electron chi connectivity index (χ1n) is 10.4. The zero-order chi connectivity index (χ0) is 27.0.